The number of rotatable bonds is 9. The third kappa shape index (κ3) is 5.88. The van der Waals surface area contributed by atoms with Gasteiger partial charge in [-0.25, -0.2) is 0 Å². The van der Waals surface area contributed by atoms with Gasteiger partial charge >= 0.3 is 0 Å². The lowest BCUT2D eigenvalue weighted by molar-refractivity contribution is -0.118. The molecule has 7 heteroatoms. The number of anilines is 2. The fourth-order valence-corrected chi connectivity index (χ4v) is 2.95. The van der Waals surface area contributed by atoms with Crippen molar-refractivity contribution in [1.29, 1.82) is 0 Å². The van der Waals surface area contributed by atoms with Crippen molar-refractivity contribution in [1.82, 2.24) is 0 Å². The Morgan fingerprint density at radius 1 is 1.06 bits per heavy atom. The number of amides is 2. The first kappa shape index (κ1) is 22.0. The van der Waals surface area contributed by atoms with E-state index in [2.05, 4.69) is 24.5 Å². The van der Waals surface area contributed by atoms with Gasteiger partial charge in [0.05, 0.1) is 19.1 Å². The van der Waals surface area contributed by atoms with Gasteiger partial charge in [-0.15, -0.1) is 0 Å². The minimum atomic E-state index is -0.392. The Bertz CT molecular complexity index is 1010. The summed E-state index contributed by atoms with van der Waals surface area (Å²) in [6.07, 6.45) is 2.48. The zero-order valence-electron chi connectivity index (χ0n) is 17.8. The predicted octanol–water partition coefficient (Wildman–Crippen LogP) is 5.07. The molecule has 0 saturated carbocycles. The monoisotopic (exact) mass is 422 g/mol. The lowest BCUT2D eigenvalue weighted by Crippen LogP contribution is -2.20. The van der Waals surface area contributed by atoms with Crippen LogP contribution in [0.5, 0.6) is 11.5 Å². The van der Waals surface area contributed by atoms with E-state index >= 15 is 0 Å². The Hall–Kier alpha value is -3.74. The maximum absolute atomic E-state index is 12.4. The summed E-state index contributed by atoms with van der Waals surface area (Å²) in [5.41, 5.74) is 2.14. The molecule has 3 rings (SSSR count). The van der Waals surface area contributed by atoms with E-state index < -0.39 is 5.91 Å². The number of nitrogens with one attached hydrogen (secondary N) is 2. The molecule has 2 aromatic carbocycles. The van der Waals surface area contributed by atoms with Gasteiger partial charge in [-0.2, -0.15) is 0 Å². The molecule has 162 valence electrons. The number of hydrogen-bond acceptors (Lipinski definition) is 5. The van der Waals surface area contributed by atoms with E-state index in [0.717, 1.165) is 6.42 Å². The van der Waals surface area contributed by atoms with Gasteiger partial charge < -0.3 is 24.5 Å². The van der Waals surface area contributed by atoms with Gasteiger partial charge in [0.1, 0.15) is 11.5 Å². The molecule has 2 amide bonds. The van der Waals surface area contributed by atoms with Crippen LogP contribution in [0.3, 0.4) is 0 Å². The first-order valence-electron chi connectivity index (χ1n) is 10.1. The molecule has 1 heterocycles. The lowest BCUT2D eigenvalue weighted by atomic mass is 9.99. The number of carbonyl (C=O) groups excluding carboxylic acids is 2. The number of furan rings is 1. The summed E-state index contributed by atoms with van der Waals surface area (Å²) in [6, 6.07) is 15.9. The molecule has 0 aliphatic rings. The topological polar surface area (TPSA) is 89.8 Å². The number of ether oxygens (including phenoxy) is 2. The van der Waals surface area contributed by atoms with Crippen molar-refractivity contribution < 1.29 is 23.5 Å². The first-order chi connectivity index (χ1) is 15.0. The molecule has 0 spiro atoms. The van der Waals surface area contributed by atoms with Crippen molar-refractivity contribution in [2.45, 2.75) is 26.2 Å². The largest absolute Gasteiger partial charge is 0.495 e. The number of methoxy groups -OCH3 is 1. The van der Waals surface area contributed by atoms with Crippen molar-refractivity contribution in [3.63, 3.8) is 0 Å². The van der Waals surface area contributed by atoms with Gasteiger partial charge in [-0.1, -0.05) is 26.0 Å². The molecule has 0 unspecified atom stereocenters. The van der Waals surface area contributed by atoms with Gasteiger partial charge in [0.25, 0.3) is 11.8 Å². The van der Waals surface area contributed by atoms with E-state index in [9.17, 15) is 9.59 Å². The Labute approximate surface area is 181 Å². The van der Waals surface area contributed by atoms with Crippen LogP contribution in [0.15, 0.2) is 65.3 Å². The summed E-state index contributed by atoms with van der Waals surface area (Å²) in [6.45, 7) is 4.15. The van der Waals surface area contributed by atoms with Crippen LogP contribution >= 0.6 is 0 Å². The average molecular weight is 422 g/mol. The summed E-state index contributed by atoms with van der Waals surface area (Å²) in [7, 11) is 1.50. The second-order valence-corrected chi connectivity index (χ2v) is 7.06. The molecule has 3 aromatic rings. The second-order valence-electron chi connectivity index (χ2n) is 7.06. The minimum Gasteiger partial charge on any atom is -0.495 e. The standard InChI is InChI=1S/C24H26N2O5/c1-4-16(2)17-7-10-19(11-8-17)31-15-23(27)26-20-14-18(9-12-21(20)29-3)25-24(28)22-6-5-13-30-22/h5-14,16H,4,15H2,1-3H3,(H,25,28)(H,26,27)/t16-/m1/s1. The molecule has 1 aromatic heterocycles. The van der Waals surface area contributed by atoms with Crippen molar-refractivity contribution in [2.75, 3.05) is 24.4 Å². The smallest absolute Gasteiger partial charge is 0.291 e. The number of carbonyl (C=O) groups is 2. The molecule has 0 fully saturated rings. The molecule has 0 aliphatic heterocycles. The number of benzene rings is 2. The lowest BCUT2D eigenvalue weighted by Gasteiger charge is -2.13. The maximum atomic E-state index is 12.4. The van der Waals surface area contributed by atoms with Crippen LogP contribution in [0.2, 0.25) is 0 Å². The van der Waals surface area contributed by atoms with E-state index in [-0.39, 0.29) is 18.3 Å². The first-order valence-corrected chi connectivity index (χ1v) is 10.1. The molecule has 0 saturated heterocycles. The molecule has 31 heavy (non-hydrogen) atoms. The van der Waals surface area contributed by atoms with E-state index in [0.29, 0.717) is 28.8 Å². The fourth-order valence-electron chi connectivity index (χ4n) is 2.95. The van der Waals surface area contributed by atoms with Crippen molar-refractivity contribution in [3.8, 4) is 11.5 Å². The third-order valence-corrected chi connectivity index (χ3v) is 4.91. The molecule has 0 radical (unpaired) electrons. The van der Waals surface area contributed by atoms with Gasteiger partial charge in [0.15, 0.2) is 12.4 Å². The second kappa shape index (κ2) is 10.3. The van der Waals surface area contributed by atoms with Crippen LogP contribution in [0, 0.1) is 0 Å². The Morgan fingerprint density at radius 3 is 2.48 bits per heavy atom. The van der Waals surface area contributed by atoms with Crippen LogP contribution in [-0.4, -0.2) is 25.5 Å². The van der Waals surface area contributed by atoms with E-state index in [4.69, 9.17) is 13.9 Å². The minimum absolute atomic E-state index is 0.158. The Morgan fingerprint density at radius 2 is 1.84 bits per heavy atom. The summed E-state index contributed by atoms with van der Waals surface area (Å²) in [4.78, 5) is 24.6. The molecular weight excluding hydrogens is 396 g/mol. The summed E-state index contributed by atoms with van der Waals surface area (Å²) in [5.74, 6) is 1.01. The van der Waals surface area contributed by atoms with Crippen LogP contribution in [0.25, 0.3) is 0 Å². The molecule has 7 nitrogen and oxygen atoms in total. The van der Waals surface area contributed by atoms with Crippen molar-refractivity contribution in [3.05, 3.63) is 72.2 Å². The fraction of sp³-hybridized carbons (Fsp3) is 0.250. The maximum Gasteiger partial charge on any atom is 0.291 e. The van der Waals surface area contributed by atoms with Crippen molar-refractivity contribution >= 4 is 23.2 Å². The zero-order chi connectivity index (χ0) is 22.2. The SMILES string of the molecule is CC[C@@H](C)c1ccc(OCC(=O)Nc2cc(NC(=O)c3ccco3)ccc2OC)cc1. The Balaban J connectivity index is 1.61. The zero-order valence-corrected chi connectivity index (χ0v) is 17.8. The quantitative estimate of drug-likeness (QED) is 0.502. The van der Waals surface area contributed by atoms with E-state index in [1.54, 1.807) is 30.3 Å². The highest BCUT2D eigenvalue weighted by Gasteiger charge is 2.13. The summed E-state index contributed by atoms with van der Waals surface area (Å²) >= 11 is 0. The van der Waals surface area contributed by atoms with Crippen LogP contribution in [-0.2, 0) is 4.79 Å². The third-order valence-electron chi connectivity index (χ3n) is 4.91. The van der Waals surface area contributed by atoms with Crippen molar-refractivity contribution in [2.24, 2.45) is 0 Å². The molecule has 0 aliphatic carbocycles. The molecule has 2 N–H and O–H groups in total. The molecular formula is C24H26N2O5. The molecule has 0 bridgehead atoms. The van der Waals surface area contributed by atoms with E-state index in [1.807, 2.05) is 24.3 Å². The van der Waals surface area contributed by atoms with Gasteiger partial charge in [0, 0.05) is 5.69 Å². The van der Waals surface area contributed by atoms with Gasteiger partial charge in [-0.05, 0) is 60.4 Å². The number of hydrogen-bond donors (Lipinski definition) is 2. The highest BCUT2D eigenvalue weighted by atomic mass is 16.5. The average Bonchev–Trinajstić information content (AvgIpc) is 3.33. The summed E-state index contributed by atoms with van der Waals surface area (Å²) in [5, 5.41) is 5.47. The highest BCUT2D eigenvalue weighted by molar-refractivity contribution is 6.03. The highest BCUT2D eigenvalue weighted by Crippen LogP contribution is 2.28. The van der Waals surface area contributed by atoms with Gasteiger partial charge in [-0.3, -0.25) is 9.59 Å². The van der Waals surface area contributed by atoms with Crippen LogP contribution in [0.4, 0.5) is 11.4 Å². The predicted molar refractivity (Wildman–Crippen MR) is 119 cm³/mol. The normalized spacial score (nSPS) is 11.5. The van der Waals surface area contributed by atoms with E-state index in [1.165, 1.54) is 18.9 Å². The Kier molecular flexibility index (Phi) is 7.32. The summed E-state index contributed by atoms with van der Waals surface area (Å²) < 4.78 is 16.0. The van der Waals surface area contributed by atoms with Gasteiger partial charge in [0.2, 0.25) is 0 Å². The van der Waals surface area contributed by atoms with Crippen LogP contribution in [0.1, 0.15) is 42.3 Å². The van der Waals surface area contributed by atoms with Crippen LogP contribution < -0.4 is 20.1 Å². The molecule has 1 atom stereocenters.